The molecule has 4 N–H and O–H groups in total. The fraction of sp³-hybridized carbons (Fsp3) is 0.917. The number of rotatable bonds is 2. The van der Waals surface area contributed by atoms with Crippen LogP contribution in [0.5, 0.6) is 0 Å². The topological polar surface area (TPSA) is 107 Å². The summed E-state index contributed by atoms with van der Waals surface area (Å²) in [5, 5.41) is 42.7. The standard InChI is InChI=1S/C36H58O6/c1-20-26(37)27(38)28(39)29(42-20)22-11-13-33(6)24(32(22,4)5)12-14-35(8)25(33)10-9-21-23-19-31(2,3)15-17-36(23,30(40)41)18-16-34(21,35)7/h9,20,22-29,37-39H,10-19H2,1-8H3,(H,40,41)/t20?,22?,23?,24?,25?,26-,27?,28?,29+,33+,34-,35-,36+/m1/s1. The minimum absolute atomic E-state index is 0.000278. The molecule has 0 aromatic rings. The van der Waals surface area contributed by atoms with E-state index < -0.39 is 41.9 Å². The molecule has 4 saturated carbocycles. The second-order valence-corrected chi connectivity index (χ2v) is 17.9. The summed E-state index contributed by atoms with van der Waals surface area (Å²) in [5.74, 6) is 0.607. The van der Waals surface area contributed by atoms with Crippen molar-refractivity contribution in [3.05, 3.63) is 11.6 Å². The highest BCUT2D eigenvalue weighted by Crippen LogP contribution is 2.76. The number of carbonyl (C=O) groups is 1. The monoisotopic (exact) mass is 586 g/mol. The van der Waals surface area contributed by atoms with E-state index in [0.717, 1.165) is 64.2 Å². The Bertz CT molecular complexity index is 1140. The van der Waals surface area contributed by atoms with Crippen LogP contribution in [0.3, 0.4) is 0 Å². The van der Waals surface area contributed by atoms with Crippen molar-refractivity contribution in [3.8, 4) is 0 Å². The van der Waals surface area contributed by atoms with Gasteiger partial charge in [0.15, 0.2) is 0 Å². The van der Waals surface area contributed by atoms with Crippen LogP contribution in [-0.2, 0) is 9.53 Å². The van der Waals surface area contributed by atoms with Gasteiger partial charge in [0, 0.05) is 0 Å². The third kappa shape index (κ3) is 3.92. The zero-order valence-corrected chi connectivity index (χ0v) is 27.4. The van der Waals surface area contributed by atoms with Gasteiger partial charge in [-0.2, -0.15) is 0 Å². The molecule has 1 aliphatic heterocycles. The van der Waals surface area contributed by atoms with Crippen LogP contribution in [0.1, 0.15) is 120 Å². The SMILES string of the molecule is CC1O[C@@H](C2CC[C@@]3(C)C(CC[C@]4(C)C3CC=C3C5CC(C)(C)CC[C@]5(C(=O)O)CC[C@]34C)C2(C)C)C(O)C(O)[C@@H]1O. The maximum absolute atomic E-state index is 12.9. The quantitative estimate of drug-likeness (QED) is 0.281. The van der Waals surface area contributed by atoms with Crippen molar-refractivity contribution >= 4 is 5.97 Å². The Hall–Kier alpha value is -0.950. The fourth-order valence-electron chi connectivity index (χ4n) is 12.7. The number of hydrogen-bond acceptors (Lipinski definition) is 5. The highest BCUT2D eigenvalue weighted by molar-refractivity contribution is 5.76. The molecule has 13 atom stereocenters. The van der Waals surface area contributed by atoms with Gasteiger partial charge < -0.3 is 25.2 Å². The van der Waals surface area contributed by atoms with Gasteiger partial charge in [0.05, 0.1) is 17.6 Å². The molecular formula is C36H58O6. The minimum Gasteiger partial charge on any atom is -0.481 e. The number of carboxylic acids is 1. The van der Waals surface area contributed by atoms with Gasteiger partial charge in [0.2, 0.25) is 0 Å². The number of hydrogen-bond donors (Lipinski definition) is 4. The highest BCUT2D eigenvalue weighted by atomic mass is 16.5. The molecule has 0 aromatic heterocycles. The molecule has 42 heavy (non-hydrogen) atoms. The predicted molar refractivity (Wildman–Crippen MR) is 163 cm³/mol. The van der Waals surface area contributed by atoms with E-state index in [4.69, 9.17) is 4.74 Å². The predicted octanol–water partition coefficient (Wildman–Crippen LogP) is 6.36. The first-order valence-electron chi connectivity index (χ1n) is 17.0. The molecular weight excluding hydrogens is 528 g/mol. The third-order valence-electron chi connectivity index (χ3n) is 15.5. The van der Waals surface area contributed by atoms with Crippen LogP contribution in [0.15, 0.2) is 11.6 Å². The lowest BCUT2D eigenvalue weighted by molar-refractivity contribution is -0.262. The van der Waals surface area contributed by atoms with Crippen molar-refractivity contribution in [3.63, 3.8) is 0 Å². The number of aliphatic hydroxyl groups excluding tert-OH is 3. The van der Waals surface area contributed by atoms with Crippen molar-refractivity contribution in [2.45, 2.75) is 150 Å². The molecule has 1 saturated heterocycles. The molecule has 1 heterocycles. The van der Waals surface area contributed by atoms with Crippen molar-refractivity contribution in [2.75, 3.05) is 0 Å². The highest BCUT2D eigenvalue weighted by Gasteiger charge is 2.70. The Labute approximate surface area is 253 Å². The molecule has 6 heteroatoms. The average Bonchev–Trinajstić information content (AvgIpc) is 2.89. The molecule has 0 amide bonds. The van der Waals surface area contributed by atoms with Crippen molar-refractivity contribution in [1.82, 2.24) is 0 Å². The first-order chi connectivity index (χ1) is 19.4. The van der Waals surface area contributed by atoms with Crippen LogP contribution in [0.2, 0.25) is 0 Å². The van der Waals surface area contributed by atoms with Crippen LogP contribution in [0, 0.1) is 56.2 Å². The summed E-state index contributed by atoms with van der Waals surface area (Å²) in [4.78, 5) is 12.9. The second-order valence-electron chi connectivity index (χ2n) is 17.9. The summed E-state index contributed by atoms with van der Waals surface area (Å²) >= 11 is 0. The Morgan fingerprint density at radius 1 is 0.833 bits per heavy atom. The second kappa shape index (κ2) is 9.53. The number of ether oxygens (including phenoxy) is 1. The van der Waals surface area contributed by atoms with Gasteiger partial charge in [-0.3, -0.25) is 4.79 Å². The van der Waals surface area contributed by atoms with E-state index in [2.05, 4.69) is 54.5 Å². The van der Waals surface area contributed by atoms with Crippen LogP contribution < -0.4 is 0 Å². The van der Waals surface area contributed by atoms with Gasteiger partial charge in [-0.25, -0.2) is 0 Å². The summed E-state index contributed by atoms with van der Waals surface area (Å²) in [6.45, 7) is 18.8. The van der Waals surface area contributed by atoms with Crippen molar-refractivity contribution in [2.24, 2.45) is 56.2 Å². The zero-order valence-electron chi connectivity index (χ0n) is 27.4. The van der Waals surface area contributed by atoms with Gasteiger partial charge in [-0.1, -0.05) is 60.1 Å². The molecule has 0 spiro atoms. The van der Waals surface area contributed by atoms with Crippen molar-refractivity contribution < 1.29 is 30.0 Å². The van der Waals surface area contributed by atoms with Gasteiger partial charge in [-0.15, -0.1) is 0 Å². The molecule has 5 aliphatic carbocycles. The van der Waals surface area contributed by atoms with E-state index >= 15 is 0 Å². The maximum Gasteiger partial charge on any atom is 0.310 e. The Kier molecular flexibility index (Phi) is 7.05. The molecule has 0 aromatic carbocycles. The van der Waals surface area contributed by atoms with Crippen LogP contribution in [0.4, 0.5) is 0 Å². The zero-order chi connectivity index (χ0) is 30.8. The number of fused-ring (bicyclic) bond motifs is 7. The van der Waals surface area contributed by atoms with Crippen LogP contribution in [0.25, 0.3) is 0 Å². The van der Waals surface area contributed by atoms with Crippen LogP contribution >= 0.6 is 0 Å². The molecule has 6 aliphatic rings. The molecule has 5 fully saturated rings. The third-order valence-corrected chi connectivity index (χ3v) is 15.5. The van der Waals surface area contributed by atoms with E-state index in [1.54, 1.807) is 6.92 Å². The van der Waals surface area contributed by atoms with Gasteiger partial charge >= 0.3 is 5.97 Å². The summed E-state index contributed by atoms with van der Waals surface area (Å²) in [6.07, 6.45) is 7.94. The Balaban J connectivity index is 1.35. The maximum atomic E-state index is 12.9. The summed E-state index contributed by atoms with van der Waals surface area (Å²) in [7, 11) is 0. The number of carboxylic acid groups (broad SMARTS) is 1. The Morgan fingerprint density at radius 2 is 1.50 bits per heavy atom. The lowest BCUT2D eigenvalue weighted by Crippen LogP contribution is -2.67. The van der Waals surface area contributed by atoms with E-state index in [-0.39, 0.29) is 38.9 Å². The largest absolute Gasteiger partial charge is 0.481 e. The van der Waals surface area contributed by atoms with E-state index in [9.17, 15) is 25.2 Å². The molecule has 6 rings (SSSR count). The molecule has 0 radical (unpaired) electrons. The van der Waals surface area contributed by atoms with Crippen molar-refractivity contribution in [1.29, 1.82) is 0 Å². The smallest absolute Gasteiger partial charge is 0.310 e. The first-order valence-corrected chi connectivity index (χ1v) is 17.0. The minimum atomic E-state index is -1.19. The van der Waals surface area contributed by atoms with E-state index in [1.807, 2.05) is 0 Å². The van der Waals surface area contributed by atoms with Gasteiger partial charge in [0.25, 0.3) is 0 Å². The van der Waals surface area contributed by atoms with E-state index in [0.29, 0.717) is 11.8 Å². The number of aliphatic carboxylic acids is 1. The Morgan fingerprint density at radius 3 is 2.17 bits per heavy atom. The molecule has 7 unspecified atom stereocenters. The number of allylic oxidation sites excluding steroid dienone is 2. The lowest BCUT2D eigenvalue weighted by Gasteiger charge is -2.71. The lowest BCUT2D eigenvalue weighted by atomic mass is 9.33. The van der Waals surface area contributed by atoms with Crippen LogP contribution in [-0.4, -0.2) is 56.9 Å². The number of aliphatic hydroxyl groups is 3. The summed E-state index contributed by atoms with van der Waals surface area (Å²) in [5.41, 5.74) is 1.14. The normalized spacial score (nSPS) is 54.8. The van der Waals surface area contributed by atoms with E-state index in [1.165, 1.54) is 5.57 Å². The van der Waals surface area contributed by atoms with Gasteiger partial charge in [0.1, 0.15) is 18.3 Å². The fourth-order valence-corrected chi connectivity index (χ4v) is 12.7. The average molecular weight is 587 g/mol. The van der Waals surface area contributed by atoms with Gasteiger partial charge in [-0.05, 0) is 122 Å². The summed E-state index contributed by atoms with van der Waals surface area (Å²) in [6, 6.07) is 0. The first kappa shape index (κ1) is 31.0. The summed E-state index contributed by atoms with van der Waals surface area (Å²) < 4.78 is 6.26. The molecule has 6 nitrogen and oxygen atoms in total. The molecule has 238 valence electrons. The molecule has 0 bridgehead atoms.